The highest BCUT2D eigenvalue weighted by molar-refractivity contribution is 5.76. The predicted octanol–water partition coefficient (Wildman–Crippen LogP) is 3.58. The average Bonchev–Trinajstić information content (AvgIpc) is 2.62. The molecule has 4 aliphatic rings. The average molecular weight is 343 g/mol. The van der Waals surface area contributed by atoms with Crippen molar-refractivity contribution in [3.05, 3.63) is 23.8 Å². The molecular formula is C21H29NO3. The number of carbonyl (C=O) groups is 1. The van der Waals surface area contributed by atoms with Crippen LogP contribution in [-0.4, -0.2) is 26.2 Å². The van der Waals surface area contributed by atoms with Gasteiger partial charge in [-0.05, 0) is 79.9 Å². The Balaban J connectivity index is 1.32. The number of carbonyl (C=O) groups excluding carboxylic acids is 1. The molecule has 0 unspecified atom stereocenters. The van der Waals surface area contributed by atoms with E-state index in [1.807, 2.05) is 18.2 Å². The van der Waals surface area contributed by atoms with E-state index in [1.54, 1.807) is 14.2 Å². The second-order valence-electron chi connectivity index (χ2n) is 8.21. The first kappa shape index (κ1) is 16.7. The quantitative estimate of drug-likeness (QED) is 0.859. The van der Waals surface area contributed by atoms with Crippen molar-refractivity contribution >= 4 is 5.91 Å². The second kappa shape index (κ2) is 6.89. The first-order valence-corrected chi connectivity index (χ1v) is 9.66. The highest BCUT2D eigenvalue weighted by Gasteiger charge is 2.48. The number of amides is 1. The lowest BCUT2D eigenvalue weighted by molar-refractivity contribution is -0.125. The monoisotopic (exact) mass is 343 g/mol. The molecule has 1 aromatic rings. The summed E-state index contributed by atoms with van der Waals surface area (Å²) in [5.74, 6) is 5.02. The Bertz CT molecular complexity index is 614. The maximum Gasteiger partial charge on any atom is 0.220 e. The number of benzene rings is 1. The maximum absolute atomic E-state index is 12.5. The van der Waals surface area contributed by atoms with E-state index in [9.17, 15) is 4.79 Å². The van der Waals surface area contributed by atoms with Crippen molar-refractivity contribution in [2.24, 2.45) is 23.7 Å². The minimum atomic E-state index is 0.201. The van der Waals surface area contributed by atoms with Gasteiger partial charge < -0.3 is 14.8 Å². The third-order valence-electron chi connectivity index (χ3n) is 6.64. The fourth-order valence-corrected chi connectivity index (χ4v) is 5.71. The summed E-state index contributed by atoms with van der Waals surface area (Å²) < 4.78 is 10.6. The molecule has 4 saturated carbocycles. The van der Waals surface area contributed by atoms with Crippen LogP contribution in [-0.2, 0) is 11.2 Å². The largest absolute Gasteiger partial charge is 0.493 e. The van der Waals surface area contributed by atoms with E-state index in [1.165, 1.54) is 32.1 Å². The van der Waals surface area contributed by atoms with Crippen LogP contribution in [0, 0.1) is 23.7 Å². The van der Waals surface area contributed by atoms with Gasteiger partial charge in [0.15, 0.2) is 11.5 Å². The molecule has 0 aromatic heterocycles. The first-order chi connectivity index (χ1) is 12.2. The number of aryl methyl sites for hydroxylation is 1. The van der Waals surface area contributed by atoms with Gasteiger partial charge in [-0.1, -0.05) is 6.07 Å². The SMILES string of the molecule is COc1ccc(CCC(=O)NC2C3CC4CC(C3)CC2C4)cc1OC. The fourth-order valence-electron chi connectivity index (χ4n) is 5.71. The Hall–Kier alpha value is -1.71. The van der Waals surface area contributed by atoms with Gasteiger partial charge in [-0.15, -0.1) is 0 Å². The zero-order chi connectivity index (χ0) is 17.4. The molecule has 4 bridgehead atoms. The molecule has 0 aliphatic heterocycles. The lowest BCUT2D eigenvalue weighted by Crippen LogP contribution is -2.55. The summed E-state index contributed by atoms with van der Waals surface area (Å²) in [6.45, 7) is 0. The topological polar surface area (TPSA) is 47.6 Å². The van der Waals surface area contributed by atoms with Crippen molar-refractivity contribution in [1.82, 2.24) is 5.32 Å². The molecule has 4 aliphatic carbocycles. The summed E-state index contributed by atoms with van der Waals surface area (Å²) in [4.78, 5) is 12.5. The van der Waals surface area contributed by atoms with E-state index < -0.39 is 0 Å². The molecule has 0 atom stereocenters. The number of hydrogen-bond donors (Lipinski definition) is 1. The van der Waals surface area contributed by atoms with Crippen LogP contribution in [0.4, 0.5) is 0 Å². The molecule has 4 fully saturated rings. The highest BCUT2D eigenvalue weighted by Crippen LogP contribution is 2.53. The molecule has 0 heterocycles. The van der Waals surface area contributed by atoms with Gasteiger partial charge >= 0.3 is 0 Å². The molecule has 25 heavy (non-hydrogen) atoms. The minimum Gasteiger partial charge on any atom is -0.493 e. The van der Waals surface area contributed by atoms with Crippen LogP contribution in [0.3, 0.4) is 0 Å². The van der Waals surface area contributed by atoms with Gasteiger partial charge in [0.1, 0.15) is 0 Å². The lowest BCUT2D eigenvalue weighted by Gasteiger charge is -2.54. The maximum atomic E-state index is 12.5. The smallest absolute Gasteiger partial charge is 0.220 e. The summed E-state index contributed by atoms with van der Waals surface area (Å²) in [5, 5.41) is 3.39. The predicted molar refractivity (Wildman–Crippen MR) is 96.8 cm³/mol. The standard InChI is InChI=1S/C21H29NO3/c1-24-18-5-3-13(12-19(18)25-2)4-6-20(23)22-21-16-8-14-7-15(10-16)11-17(21)9-14/h3,5,12,14-17,21H,4,6-11H2,1-2H3,(H,22,23). The number of methoxy groups -OCH3 is 2. The third-order valence-corrected chi connectivity index (χ3v) is 6.64. The van der Waals surface area contributed by atoms with E-state index in [-0.39, 0.29) is 5.91 Å². The van der Waals surface area contributed by atoms with Crippen molar-refractivity contribution in [3.8, 4) is 11.5 Å². The van der Waals surface area contributed by atoms with Crippen molar-refractivity contribution in [1.29, 1.82) is 0 Å². The molecule has 4 nitrogen and oxygen atoms in total. The van der Waals surface area contributed by atoms with E-state index in [0.29, 0.717) is 12.5 Å². The van der Waals surface area contributed by atoms with Crippen LogP contribution >= 0.6 is 0 Å². The second-order valence-corrected chi connectivity index (χ2v) is 8.21. The Kier molecular flexibility index (Phi) is 4.61. The number of ether oxygens (including phenoxy) is 2. The van der Waals surface area contributed by atoms with Crippen LogP contribution in [0.1, 0.15) is 44.1 Å². The van der Waals surface area contributed by atoms with Gasteiger partial charge in [-0.25, -0.2) is 0 Å². The third kappa shape index (κ3) is 3.36. The van der Waals surface area contributed by atoms with Gasteiger partial charge in [-0.2, -0.15) is 0 Å². The lowest BCUT2D eigenvalue weighted by atomic mass is 9.54. The summed E-state index contributed by atoms with van der Waals surface area (Å²) in [6.07, 6.45) is 8.09. The molecule has 5 rings (SSSR count). The summed E-state index contributed by atoms with van der Waals surface area (Å²) in [5.41, 5.74) is 1.11. The Morgan fingerprint density at radius 3 is 2.24 bits per heavy atom. The van der Waals surface area contributed by atoms with Crippen molar-refractivity contribution < 1.29 is 14.3 Å². The number of nitrogens with one attached hydrogen (secondary N) is 1. The molecule has 0 saturated heterocycles. The minimum absolute atomic E-state index is 0.201. The van der Waals surface area contributed by atoms with E-state index >= 15 is 0 Å². The van der Waals surface area contributed by atoms with E-state index in [0.717, 1.165) is 47.2 Å². The van der Waals surface area contributed by atoms with Crippen molar-refractivity contribution in [2.45, 2.75) is 51.0 Å². The van der Waals surface area contributed by atoms with Crippen LogP contribution in [0.15, 0.2) is 18.2 Å². The van der Waals surface area contributed by atoms with Crippen LogP contribution in [0.25, 0.3) is 0 Å². The summed E-state index contributed by atoms with van der Waals surface area (Å²) in [6, 6.07) is 6.32. The van der Waals surface area contributed by atoms with E-state index in [2.05, 4.69) is 5.32 Å². The molecular weight excluding hydrogens is 314 g/mol. The molecule has 4 heteroatoms. The molecule has 1 amide bonds. The summed E-state index contributed by atoms with van der Waals surface area (Å²) >= 11 is 0. The van der Waals surface area contributed by atoms with E-state index in [4.69, 9.17) is 9.47 Å². The van der Waals surface area contributed by atoms with Gasteiger partial charge in [0.05, 0.1) is 14.2 Å². The molecule has 0 spiro atoms. The van der Waals surface area contributed by atoms with Crippen LogP contribution in [0.2, 0.25) is 0 Å². The van der Waals surface area contributed by atoms with Crippen LogP contribution < -0.4 is 14.8 Å². The van der Waals surface area contributed by atoms with Gasteiger partial charge in [0.25, 0.3) is 0 Å². The zero-order valence-electron chi connectivity index (χ0n) is 15.3. The highest BCUT2D eigenvalue weighted by atomic mass is 16.5. The normalized spacial score (nSPS) is 32.5. The van der Waals surface area contributed by atoms with Crippen molar-refractivity contribution in [3.63, 3.8) is 0 Å². The zero-order valence-corrected chi connectivity index (χ0v) is 15.3. The summed E-state index contributed by atoms with van der Waals surface area (Å²) in [7, 11) is 3.27. The molecule has 1 N–H and O–H groups in total. The van der Waals surface area contributed by atoms with Crippen LogP contribution in [0.5, 0.6) is 11.5 Å². The van der Waals surface area contributed by atoms with Gasteiger partial charge in [0.2, 0.25) is 5.91 Å². The Morgan fingerprint density at radius 1 is 1.00 bits per heavy atom. The van der Waals surface area contributed by atoms with Gasteiger partial charge in [-0.3, -0.25) is 4.79 Å². The Labute approximate surface area is 150 Å². The first-order valence-electron chi connectivity index (χ1n) is 9.66. The fraction of sp³-hybridized carbons (Fsp3) is 0.667. The van der Waals surface area contributed by atoms with Crippen molar-refractivity contribution in [2.75, 3.05) is 14.2 Å². The molecule has 0 radical (unpaired) electrons. The van der Waals surface area contributed by atoms with Gasteiger partial charge in [0, 0.05) is 12.5 Å². The molecule has 136 valence electrons. The molecule has 1 aromatic carbocycles. The Morgan fingerprint density at radius 2 is 1.64 bits per heavy atom. The number of rotatable bonds is 6. The number of hydrogen-bond acceptors (Lipinski definition) is 3.